The number of halogens is 1. The van der Waals surface area contributed by atoms with Crippen molar-refractivity contribution in [1.29, 1.82) is 0 Å². The van der Waals surface area contributed by atoms with Gasteiger partial charge in [0, 0.05) is 6.42 Å². The number of carbonyl (C=O) groups excluding carboxylic acids is 1. The molecule has 0 bridgehead atoms. The highest BCUT2D eigenvalue weighted by atomic mass is 35.5. The fourth-order valence-electron chi connectivity index (χ4n) is 1.06. The van der Waals surface area contributed by atoms with Gasteiger partial charge in [0.15, 0.2) is 0 Å². The molecule has 0 spiro atoms. The third-order valence-corrected chi connectivity index (χ3v) is 1.79. The van der Waals surface area contributed by atoms with Crippen LogP contribution in [0.4, 0.5) is 0 Å². The van der Waals surface area contributed by atoms with E-state index in [9.17, 15) is 4.79 Å². The molecule has 4 nitrogen and oxygen atoms in total. The van der Waals surface area contributed by atoms with Gasteiger partial charge in [-0.05, 0) is 18.1 Å². The first kappa shape index (κ1) is 14.0. The number of hydrogen-bond acceptors (Lipinski definition) is 4. The normalized spacial score (nSPS) is 11.6. The van der Waals surface area contributed by atoms with Gasteiger partial charge < -0.3 is 14.9 Å². The molecule has 1 aromatic heterocycles. The molecule has 1 atom stereocenters. The molecule has 0 saturated carbocycles. The Bertz CT molecular complexity index is 274. The molecule has 15 heavy (non-hydrogen) atoms. The van der Waals surface area contributed by atoms with Crippen LogP contribution in [0.1, 0.15) is 18.9 Å². The number of furan rings is 1. The van der Waals surface area contributed by atoms with E-state index in [-0.39, 0.29) is 18.4 Å². The molecule has 0 saturated heterocycles. The number of ether oxygens (including phenoxy) is 1. The lowest BCUT2D eigenvalue weighted by atomic mass is 10.1. The molecule has 86 valence electrons. The van der Waals surface area contributed by atoms with Gasteiger partial charge in [0.05, 0.1) is 19.1 Å². The first-order valence-electron chi connectivity index (χ1n) is 4.67. The maximum atomic E-state index is 11.3. The largest absolute Gasteiger partial charge is 0.472 e. The van der Waals surface area contributed by atoms with Crippen molar-refractivity contribution in [2.45, 2.75) is 25.8 Å². The fraction of sp³-hybridized carbons (Fsp3) is 0.500. The van der Waals surface area contributed by atoms with Crippen molar-refractivity contribution in [3.63, 3.8) is 0 Å². The van der Waals surface area contributed by atoms with E-state index in [1.54, 1.807) is 18.6 Å². The maximum Gasteiger partial charge on any atom is 0.323 e. The summed E-state index contributed by atoms with van der Waals surface area (Å²) in [5.74, 6) is -0.354. The van der Waals surface area contributed by atoms with Crippen LogP contribution in [0.5, 0.6) is 0 Å². The molecule has 1 aromatic rings. The molecular weight excluding hydrogens is 218 g/mol. The van der Waals surface area contributed by atoms with Crippen LogP contribution in [0.2, 0.25) is 0 Å². The van der Waals surface area contributed by atoms with E-state index in [4.69, 9.17) is 14.9 Å². The molecular formula is C10H16ClNO3. The zero-order valence-electron chi connectivity index (χ0n) is 8.64. The quantitative estimate of drug-likeness (QED) is 0.784. The van der Waals surface area contributed by atoms with E-state index in [0.29, 0.717) is 13.0 Å². The summed E-state index contributed by atoms with van der Waals surface area (Å²) < 4.78 is 9.78. The van der Waals surface area contributed by atoms with Crippen LogP contribution in [0.15, 0.2) is 23.0 Å². The lowest BCUT2D eigenvalue weighted by Gasteiger charge is -2.09. The first-order chi connectivity index (χ1) is 6.74. The van der Waals surface area contributed by atoms with Gasteiger partial charge >= 0.3 is 5.97 Å². The predicted molar refractivity (Wildman–Crippen MR) is 58.9 cm³/mol. The number of esters is 1. The van der Waals surface area contributed by atoms with E-state index in [1.165, 1.54) is 0 Å². The van der Waals surface area contributed by atoms with Crippen LogP contribution < -0.4 is 5.73 Å². The van der Waals surface area contributed by atoms with Crippen molar-refractivity contribution >= 4 is 18.4 Å². The second-order valence-electron chi connectivity index (χ2n) is 3.11. The average molecular weight is 234 g/mol. The molecule has 5 heteroatoms. The topological polar surface area (TPSA) is 65.5 Å². The predicted octanol–water partition coefficient (Wildman–Crippen LogP) is 1.52. The third-order valence-electron chi connectivity index (χ3n) is 1.79. The number of rotatable bonds is 5. The summed E-state index contributed by atoms with van der Waals surface area (Å²) in [6, 6.07) is 1.19. The second-order valence-corrected chi connectivity index (χ2v) is 3.11. The molecule has 1 heterocycles. The van der Waals surface area contributed by atoms with Crippen molar-refractivity contribution in [3.8, 4) is 0 Å². The van der Waals surface area contributed by atoms with Gasteiger partial charge in [0.1, 0.15) is 6.04 Å². The Morgan fingerprint density at radius 1 is 1.67 bits per heavy atom. The summed E-state index contributed by atoms with van der Waals surface area (Å²) in [5, 5.41) is 0. The van der Waals surface area contributed by atoms with E-state index in [2.05, 4.69) is 0 Å². The van der Waals surface area contributed by atoms with E-state index in [0.717, 1.165) is 12.0 Å². The lowest BCUT2D eigenvalue weighted by molar-refractivity contribution is -0.145. The van der Waals surface area contributed by atoms with Crippen molar-refractivity contribution in [2.75, 3.05) is 6.61 Å². The summed E-state index contributed by atoms with van der Waals surface area (Å²) in [7, 11) is 0. The van der Waals surface area contributed by atoms with E-state index < -0.39 is 6.04 Å². The van der Waals surface area contributed by atoms with Gasteiger partial charge in [0.2, 0.25) is 0 Å². The molecule has 0 radical (unpaired) electrons. The lowest BCUT2D eigenvalue weighted by Crippen LogP contribution is -2.34. The third kappa shape index (κ3) is 4.85. The minimum Gasteiger partial charge on any atom is -0.472 e. The molecule has 0 amide bonds. The Balaban J connectivity index is 0.00000196. The molecule has 0 aliphatic heterocycles. The van der Waals surface area contributed by atoms with Gasteiger partial charge in [-0.3, -0.25) is 4.79 Å². The standard InChI is InChI=1S/C10H15NO3.ClH/c1-2-4-14-10(12)9(11)6-8-3-5-13-7-8;/h3,5,7,9H,2,4,6,11H2,1H3;1H. The molecule has 0 fully saturated rings. The molecule has 0 aromatic carbocycles. The number of carbonyl (C=O) groups is 1. The highest BCUT2D eigenvalue weighted by molar-refractivity contribution is 5.85. The Hall–Kier alpha value is -1.00. The number of nitrogens with two attached hydrogens (primary N) is 1. The Labute approximate surface area is 95.2 Å². The van der Waals surface area contributed by atoms with Crippen molar-refractivity contribution in [1.82, 2.24) is 0 Å². The minimum atomic E-state index is -0.598. The first-order valence-corrected chi connectivity index (χ1v) is 4.67. The summed E-state index contributed by atoms with van der Waals surface area (Å²) in [6.45, 7) is 2.37. The van der Waals surface area contributed by atoms with Crippen LogP contribution in [-0.4, -0.2) is 18.6 Å². The highest BCUT2D eigenvalue weighted by Gasteiger charge is 2.15. The Kier molecular flexibility index (Phi) is 6.83. The van der Waals surface area contributed by atoms with Gasteiger partial charge in [0.25, 0.3) is 0 Å². The zero-order valence-corrected chi connectivity index (χ0v) is 9.46. The Morgan fingerprint density at radius 2 is 2.40 bits per heavy atom. The molecule has 2 N–H and O–H groups in total. The van der Waals surface area contributed by atoms with Gasteiger partial charge in [-0.1, -0.05) is 6.92 Å². The minimum absolute atomic E-state index is 0. The molecule has 0 aliphatic rings. The summed E-state index contributed by atoms with van der Waals surface area (Å²) in [5.41, 5.74) is 6.54. The van der Waals surface area contributed by atoms with Crippen LogP contribution in [0.3, 0.4) is 0 Å². The molecule has 0 aliphatic carbocycles. The molecule has 1 unspecified atom stereocenters. The van der Waals surface area contributed by atoms with Gasteiger partial charge in [-0.25, -0.2) is 0 Å². The van der Waals surface area contributed by atoms with Crippen molar-refractivity contribution in [3.05, 3.63) is 24.2 Å². The van der Waals surface area contributed by atoms with E-state index in [1.807, 2.05) is 6.92 Å². The summed E-state index contributed by atoms with van der Waals surface area (Å²) in [6.07, 6.45) is 4.40. The van der Waals surface area contributed by atoms with Crippen LogP contribution in [0, 0.1) is 0 Å². The highest BCUT2D eigenvalue weighted by Crippen LogP contribution is 2.03. The van der Waals surface area contributed by atoms with Crippen LogP contribution in [0.25, 0.3) is 0 Å². The van der Waals surface area contributed by atoms with E-state index >= 15 is 0 Å². The summed E-state index contributed by atoms with van der Waals surface area (Å²) >= 11 is 0. The van der Waals surface area contributed by atoms with Gasteiger partial charge in [-0.15, -0.1) is 12.4 Å². The van der Waals surface area contributed by atoms with Gasteiger partial charge in [-0.2, -0.15) is 0 Å². The molecule has 1 rings (SSSR count). The van der Waals surface area contributed by atoms with Crippen molar-refractivity contribution < 1.29 is 13.9 Å². The van der Waals surface area contributed by atoms with Crippen molar-refractivity contribution in [2.24, 2.45) is 5.73 Å². The summed E-state index contributed by atoms with van der Waals surface area (Å²) in [4.78, 5) is 11.3. The SMILES string of the molecule is CCCOC(=O)C(N)Cc1ccoc1.Cl. The second kappa shape index (κ2) is 7.31. The zero-order chi connectivity index (χ0) is 10.4. The Morgan fingerprint density at radius 3 is 2.93 bits per heavy atom. The fourth-order valence-corrected chi connectivity index (χ4v) is 1.06. The van der Waals surface area contributed by atoms with Crippen LogP contribution in [-0.2, 0) is 16.0 Å². The monoisotopic (exact) mass is 233 g/mol. The average Bonchev–Trinajstić information content (AvgIpc) is 2.66. The van der Waals surface area contributed by atoms with Crippen LogP contribution >= 0.6 is 12.4 Å². The maximum absolute atomic E-state index is 11.3. The smallest absolute Gasteiger partial charge is 0.323 e. The number of hydrogen-bond donors (Lipinski definition) is 1.